The molecule has 2 aliphatic carbocycles. The Bertz CT molecular complexity index is 1040. The van der Waals surface area contributed by atoms with Gasteiger partial charge in [0.15, 0.2) is 0 Å². The van der Waals surface area contributed by atoms with Gasteiger partial charge in [0.25, 0.3) is 0 Å². The van der Waals surface area contributed by atoms with Crippen LogP contribution in [-0.4, -0.2) is 35.4 Å². The average Bonchev–Trinajstić information content (AvgIpc) is 3.39. The number of benzene rings is 2. The molecule has 184 valence electrons. The summed E-state index contributed by atoms with van der Waals surface area (Å²) < 4.78 is 11.4. The fourth-order valence-corrected chi connectivity index (χ4v) is 6.02. The highest BCUT2D eigenvalue weighted by Crippen LogP contribution is 2.44. The molecular weight excluding hydrogens is 440 g/mol. The van der Waals surface area contributed by atoms with Crippen LogP contribution in [0.2, 0.25) is 0 Å². The van der Waals surface area contributed by atoms with Crippen molar-refractivity contribution in [1.29, 1.82) is 0 Å². The number of aliphatic hydroxyl groups excluding tert-OH is 1. The van der Waals surface area contributed by atoms with E-state index in [9.17, 15) is 14.7 Å². The van der Waals surface area contributed by atoms with Gasteiger partial charge >= 0.3 is 11.9 Å². The van der Waals surface area contributed by atoms with Gasteiger partial charge < -0.3 is 14.6 Å². The van der Waals surface area contributed by atoms with Gasteiger partial charge in [0.2, 0.25) is 0 Å². The number of rotatable bonds is 7. The standard InChI is InChI=1S/C30H34O5/c31-24(17-20-7-3-1-4-8-20)15-16-25-26-18-29(32)34-28(26)19-27(25)35-30(33)23-13-11-22(12-14-23)21-9-5-2-6-10-21/h2,5-6,9-16,20,24-28,31H,1,3-4,7-8,17-19H2/t24-,25-,26-,27-,28+/m1/s1. The first kappa shape index (κ1) is 23.8. The van der Waals surface area contributed by atoms with Crippen LogP contribution in [0.4, 0.5) is 0 Å². The minimum absolute atomic E-state index is 0.0149. The van der Waals surface area contributed by atoms with Crippen molar-refractivity contribution < 1.29 is 24.2 Å². The molecule has 0 unspecified atom stereocenters. The fourth-order valence-electron chi connectivity index (χ4n) is 6.02. The first-order chi connectivity index (χ1) is 17.1. The molecule has 2 saturated carbocycles. The summed E-state index contributed by atoms with van der Waals surface area (Å²) in [6, 6.07) is 17.5. The molecule has 3 aliphatic rings. The summed E-state index contributed by atoms with van der Waals surface area (Å²) in [5.74, 6) is -0.146. The molecule has 0 amide bonds. The van der Waals surface area contributed by atoms with Crippen molar-refractivity contribution >= 4 is 11.9 Å². The lowest BCUT2D eigenvalue weighted by atomic mass is 9.85. The number of carbonyl (C=O) groups is 2. The van der Waals surface area contributed by atoms with Crippen molar-refractivity contribution in [1.82, 2.24) is 0 Å². The Morgan fingerprint density at radius 2 is 1.74 bits per heavy atom. The number of carbonyl (C=O) groups excluding carboxylic acids is 2. The first-order valence-electron chi connectivity index (χ1n) is 13.0. The summed E-state index contributed by atoms with van der Waals surface area (Å²) in [4.78, 5) is 24.9. The van der Waals surface area contributed by atoms with Gasteiger partial charge in [-0.25, -0.2) is 4.79 Å². The highest BCUT2D eigenvalue weighted by Gasteiger charge is 2.50. The third kappa shape index (κ3) is 5.67. The summed E-state index contributed by atoms with van der Waals surface area (Å²) in [6.07, 6.45) is 10.5. The number of hydrogen-bond donors (Lipinski definition) is 1. The molecule has 5 atom stereocenters. The van der Waals surface area contributed by atoms with E-state index in [1.807, 2.05) is 54.6 Å². The zero-order chi connectivity index (χ0) is 24.2. The number of esters is 2. The smallest absolute Gasteiger partial charge is 0.338 e. The summed E-state index contributed by atoms with van der Waals surface area (Å²) in [5.41, 5.74) is 2.63. The van der Waals surface area contributed by atoms with E-state index in [2.05, 4.69) is 0 Å². The van der Waals surface area contributed by atoms with E-state index in [0.29, 0.717) is 24.3 Å². The Morgan fingerprint density at radius 1 is 1.03 bits per heavy atom. The second-order valence-corrected chi connectivity index (χ2v) is 10.3. The average molecular weight is 475 g/mol. The van der Waals surface area contributed by atoms with Gasteiger partial charge in [-0.3, -0.25) is 4.79 Å². The number of hydrogen-bond acceptors (Lipinski definition) is 5. The van der Waals surface area contributed by atoms with Gasteiger partial charge in [0, 0.05) is 18.3 Å². The molecule has 0 spiro atoms. The molecule has 1 heterocycles. The summed E-state index contributed by atoms with van der Waals surface area (Å²) in [5, 5.41) is 10.6. The van der Waals surface area contributed by atoms with E-state index < -0.39 is 6.10 Å². The monoisotopic (exact) mass is 474 g/mol. The topological polar surface area (TPSA) is 72.8 Å². The molecule has 2 aromatic carbocycles. The molecule has 35 heavy (non-hydrogen) atoms. The Kier molecular flexibility index (Phi) is 7.33. The van der Waals surface area contributed by atoms with Crippen molar-refractivity contribution in [3.63, 3.8) is 0 Å². The molecule has 3 fully saturated rings. The lowest BCUT2D eigenvalue weighted by Crippen LogP contribution is -2.25. The van der Waals surface area contributed by atoms with Crippen molar-refractivity contribution in [2.75, 3.05) is 0 Å². The maximum Gasteiger partial charge on any atom is 0.338 e. The third-order valence-corrected chi connectivity index (χ3v) is 7.89. The highest BCUT2D eigenvalue weighted by molar-refractivity contribution is 5.90. The van der Waals surface area contributed by atoms with Crippen LogP contribution in [0.1, 0.15) is 61.7 Å². The molecule has 0 bridgehead atoms. The van der Waals surface area contributed by atoms with Crippen LogP contribution in [0, 0.1) is 17.8 Å². The minimum Gasteiger partial charge on any atom is -0.462 e. The summed E-state index contributed by atoms with van der Waals surface area (Å²) >= 11 is 0. The number of aliphatic hydroxyl groups is 1. The fraction of sp³-hybridized carbons (Fsp3) is 0.467. The molecule has 1 aliphatic heterocycles. The van der Waals surface area contributed by atoms with Gasteiger partial charge in [-0.05, 0) is 35.6 Å². The van der Waals surface area contributed by atoms with E-state index in [1.165, 1.54) is 32.1 Å². The molecule has 1 saturated heterocycles. The van der Waals surface area contributed by atoms with E-state index in [1.54, 1.807) is 12.1 Å². The SMILES string of the molecule is O=C1C[C@@H]2[C@@H](C=C[C@@H](O)CC3CCCCC3)[C@H](OC(=O)c3ccc(-c4ccccc4)cc3)C[C@@H]2O1. The Labute approximate surface area is 207 Å². The second-order valence-electron chi connectivity index (χ2n) is 10.3. The molecule has 0 radical (unpaired) electrons. The van der Waals surface area contributed by atoms with Crippen molar-refractivity contribution in [2.45, 2.75) is 69.7 Å². The van der Waals surface area contributed by atoms with Gasteiger partial charge in [0.05, 0.1) is 18.1 Å². The molecule has 1 N–H and O–H groups in total. The quantitative estimate of drug-likeness (QED) is 0.411. The highest BCUT2D eigenvalue weighted by atomic mass is 16.6. The Hall–Kier alpha value is -2.92. The van der Waals surface area contributed by atoms with Crippen LogP contribution in [0.15, 0.2) is 66.7 Å². The van der Waals surface area contributed by atoms with Crippen LogP contribution >= 0.6 is 0 Å². The normalized spacial score (nSPS) is 27.5. The zero-order valence-corrected chi connectivity index (χ0v) is 20.1. The molecule has 5 heteroatoms. The van der Waals surface area contributed by atoms with Crippen LogP contribution in [0.3, 0.4) is 0 Å². The lowest BCUT2D eigenvalue weighted by Gasteiger charge is -2.24. The van der Waals surface area contributed by atoms with E-state index in [0.717, 1.165) is 17.5 Å². The lowest BCUT2D eigenvalue weighted by molar-refractivity contribution is -0.141. The van der Waals surface area contributed by atoms with E-state index in [-0.39, 0.29) is 36.0 Å². The van der Waals surface area contributed by atoms with Crippen molar-refractivity contribution in [2.24, 2.45) is 17.8 Å². The number of ether oxygens (including phenoxy) is 2. The predicted molar refractivity (Wildman–Crippen MR) is 134 cm³/mol. The van der Waals surface area contributed by atoms with Crippen molar-refractivity contribution in [3.8, 4) is 11.1 Å². The van der Waals surface area contributed by atoms with Gasteiger partial charge in [-0.15, -0.1) is 0 Å². The second kappa shape index (κ2) is 10.8. The summed E-state index contributed by atoms with van der Waals surface area (Å²) in [7, 11) is 0. The minimum atomic E-state index is -0.517. The van der Waals surface area contributed by atoms with E-state index >= 15 is 0 Å². The van der Waals surface area contributed by atoms with Crippen LogP contribution < -0.4 is 0 Å². The molecule has 5 nitrogen and oxygen atoms in total. The van der Waals surface area contributed by atoms with Gasteiger partial charge in [0.1, 0.15) is 12.2 Å². The number of fused-ring (bicyclic) bond motifs is 1. The Balaban J connectivity index is 1.25. The van der Waals surface area contributed by atoms with Crippen LogP contribution in [0.5, 0.6) is 0 Å². The zero-order valence-electron chi connectivity index (χ0n) is 20.1. The molecule has 5 rings (SSSR count). The van der Waals surface area contributed by atoms with Gasteiger partial charge in [-0.2, -0.15) is 0 Å². The third-order valence-electron chi connectivity index (χ3n) is 7.89. The molecule has 0 aromatic heterocycles. The Morgan fingerprint density at radius 3 is 2.49 bits per heavy atom. The van der Waals surface area contributed by atoms with Crippen LogP contribution in [0.25, 0.3) is 11.1 Å². The largest absolute Gasteiger partial charge is 0.462 e. The molecular formula is C30H34O5. The predicted octanol–water partition coefficient (Wildman–Crippen LogP) is 5.72. The summed E-state index contributed by atoms with van der Waals surface area (Å²) in [6.45, 7) is 0. The van der Waals surface area contributed by atoms with E-state index in [4.69, 9.17) is 9.47 Å². The van der Waals surface area contributed by atoms with Crippen LogP contribution in [-0.2, 0) is 14.3 Å². The molecule has 2 aromatic rings. The maximum absolute atomic E-state index is 13.0. The first-order valence-corrected chi connectivity index (χ1v) is 13.0. The maximum atomic E-state index is 13.0. The van der Waals surface area contributed by atoms with Gasteiger partial charge in [-0.1, -0.05) is 86.7 Å². The van der Waals surface area contributed by atoms with Crippen molar-refractivity contribution in [3.05, 3.63) is 72.3 Å².